The first kappa shape index (κ1) is 16.5. The van der Waals surface area contributed by atoms with Crippen LogP contribution in [0.15, 0.2) is 6.07 Å². The molecular weight excluding hydrogens is 271 g/mol. The lowest BCUT2D eigenvalue weighted by molar-refractivity contribution is -0.141. The number of alkyl halides is 3. The van der Waals surface area contributed by atoms with Crippen LogP contribution in [0.25, 0.3) is 0 Å². The van der Waals surface area contributed by atoms with Crippen LogP contribution in [0, 0.1) is 5.92 Å². The normalized spacial score (nSPS) is 11.8. The first-order chi connectivity index (χ1) is 9.32. The summed E-state index contributed by atoms with van der Waals surface area (Å²) in [7, 11) is 0. The number of ether oxygens (including phenoxy) is 1. The van der Waals surface area contributed by atoms with E-state index in [0.29, 0.717) is 19.1 Å². The van der Waals surface area contributed by atoms with Crippen molar-refractivity contribution in [3.8, 4) is 5.88 Å². The molecule has 1 rings (SSSR count). The van der Waals surface area contributed by atoms with E-state index in [2.05, 4.69) is 29.1 Å². The van der Waals surface area contributed by atoms with E-state index in [-0.39, 0.29) is 11.8 Å². The average molecular weight is 291 g/mol. The summed E-state index contributed by atoms with van der Waals surface area (Å²) in [6, 6.07) is 0.830. The van der Waals surface area contributed by atoms with Gasteiger partial charge in [-0.2, -0.15) is 18.2 Å². The zero-order chi connectivity index (χ0) is 15.2. The maximum Gasteiger partial charge on any atom is 0.433 e. The molecule has 1 heterocycles. The topological polar surface area (TPSA) is 47.0 Å². The lowest BCUT2D eigenvalue weighted by Crippen LogP contribution is -2.13. The fourth-order valence-electron chi connectivity index (χ4n) is 1.55. The quantitative estimate of drug-likeness (QED) is 0.777. The van der Waals surface area contributed by atoms with Crippen molar-refractivity contribution in [3.63, 3.8) is 0 Å². The number of rotatable bonds is 7. The maximum absolute atomic E-state index is 12.7. The van der Waals surface area contributed by atoms with Crippen LogP contribution in [0.3, 0.4) is 0 Å². The summed E-state index contributed by atoms with van der Waals surface area (Å²) in [5.41, 5.74) is -0.998. The van der Waals surface area contributed by atoms with Crippen LogP contribution < -0.4 is 10.1 Å². The second kappa shape index (κ2) is 7.31. The molecule has 0 bridgehead atoms. The van der Waals surface area contributed by atoms with Gasteiger partial charge in [0.2, 0.25) is 11.8 Å². The lowest BCUT2D eigenvalue weighted by atomic mass is 10.1. The van der Waals surface area contributed by atoms with Crippen LogP contribution in [-0.4, -0.2) is 23.1 Å². The van der Waals surface area contributed by atoms with Crippen LogP contribution >= 0.6 is 0 Å². The van der Waals surface area contributed by atoms with Gasteiger partial charge in [0.25, 0.3) is 0 Å². The lowest BCUT2D eigenvalue weighted by Gasteiger charge is -2.12. The second-order valence-corrected chi connectivity index (χ2v) is 4.83. The van der Waals surface area contributed by atoms with E-state index in [1.165, 1.54) is 0 Å². The fourth-order valence-corrected chi connectivity index (χ4v) is 1.55. The van der Waals surface area contributed by atoms with E-state index in [4.69, 9.17) is 4.74 Å². The third-order valence-electron chi connectivity index (χ3n) is 2.50. The summed E-state index contributed by atoms with van der Waals surface area (Å²) in [4.78, 5) is 7.33. The first-order valence-corrected chi connectivity index (χ1v) is 6.66. The molecule has 1 N–H and O–H groups in total. The molecule has 0 amide bonds. The van der Waals surface area contributed by atoms with Crippen molar-refractivity contribution in [2.24, 2.45) is 5.92 Å². The van der Waals surface area contributed by atoms with Gasteiger partial charge < -0.3 is 10.1 Å². The molecule has 4 nitrogen and oxygen atoms in total. The molecule has 0 saturated heterocycles. The molecule has 1 aromatic heterocycles. The number of halogens is 3. The predicted molar refractivity (Wildman–Crippen MR) is 70.8 cm³/mol. The van der Waals surface area contributed by atoms with Gasteiger partial charge in [-0.05, 0) is 25.7 Å². The summed E-state index contributed by atoms with van der Waals surface area (Å²) in [6.45, 7) is 6.70. The Morgan fingerprint density at radius 2 is 2.00 bits per heavy atom. The van der Waals surface area contributed by atoms with Gasteiger partial charge in [0.15, 0.2) is 5.69 Å². The van der Waals surface area contributed by atoms with E-state index in [0.717, 1.165) is 18.9 Å². The Bertz CT molecular complexity index is 422. The highest BCUT2D eigenvalue weighted by atomic mass is 19.4. The van der Waals surface area contributed by atoms with Crippen molar-refractivity contribution >= 4 is 5.95 Å². The smallest absolute Gasteiger partial charge is 0.433 e. The Morgan fingerprint density at radius 1 is 1.30 bits per heavy atom. The monoisotopic (exact) mass is 291 g/mol. The molecule has 0 aliphatic carbocycles. The van der Waals surface area contributed by atoms with Gasteiger partial charge >= 0.3 is 6.18 Å². The summed E-state index contributed by atoms with van der Waals surface area (Å²) < 4.78 is 43.4. The van der Waals surface area contributed by atoms with Crippen molar-refractivity contribution in [3.05, 3.63) is 11.8 Å². The van der Waals surface area contributed by atoms with Crippen LogP contribution in [-0.2, 0) is 6.18 Å². The minimum Gasteiger partial charge on any atom is -0.478 e. The zero-order valence-electron chi connectivity index (χ0n) is 11.9. The zero-order valence-corrected chi connectivity index (χ0v) is 11.9. The van der Waals surface area contributed by atoms with Crippen molar-refractivity contribution in [1.82, 2.24) is 9.97 Å². The molecule has 20 heavy (non-hydrogen) atoms. The van der Waals surface area contributed by atoms with Crippen molar-refractivity contribution in [2.45, 2.75) is 39.8 Å². The third kappa shape index (κ3) is 5.63. The van der Waals surface area contributed by atoms with Crippen LogP contribution in [0.4, 0.5) is 19.1 Å². The molecular formula is C13H20F3N3O. The Balaban J connectivity index is 2.76. The molecule has 0 aliphatic rings. The molecule has 7 heteroatoms. The molecule has 0 unspecified atom stereocenters. The van der Waals surface area contributed by atoms with Crippen LogP contribution in [0.1, 0.15) is 39.3 Å². The largest absolute Gasteiger partial charge is 0.478 e. The molecule has 0 saturated carbocycles. The Morgan fingerprint density at radius 3 is 2.55 bits per heavy atom. The minimum atomic E-state index is -4.51. The highest BCUT2D eigenvalue weighted by Crippen LogP contribution is 2.30. The highest BCUT2D eigenvalue weighted by Gasteiger charge is 2.34. The summed E-state index contributed by atoms with van der Waals surface area (Å²) >= 11 is 0. The van der Waals surface area contributed by atoms with Gasteiger partial charge in [0, 0.05) is 12.6 Å². The third-order valence-corrected chi connectivity index (χ3v) is 2.50. The highest BCUT2D eigenvalue weighted by molar-refractivity contribution is 5.31. The summed E-state index contributed by atoms with van der Waals surface area (Å²) in [5.74, 6) is 0.417. The number of anilines is 1. The first-order valence-electron chi connectivity index (χ1n) is 6.66. The predicted octanol–water partition coefficient (Wildman–Crippen LogP) is 3.74. The molecule has 0 aromatic carbocycles. The van der Waals surface area contributed by atoms with Gasteiger partial charge in [-0.1, -0.05) is 13.8 Å². The summed E-state index contributed by atoms with van der Waals surface area (Å²) in [5, 5.41) is 2.67. The molecule has 0 radical (unpaired) electrons. The van der Waals surface area contributed by atoms with E-state index in [1.807, 2.05) is 0 Å². The Kier molecular flexibility index (Phi) is 6.04. The SMILES string of the molecule is CCNc1nc(OCCCC(C)C)cc(C(F)(F)F)n1. The minimum absolute atomic E-state index is 0.0490. The van der Waals surface area contributed by atoms with E-state index in [9.17, 15) is 13.2 Å². The van der Waals surface area contributed by atoms with Gasteiger partial charge in [-0.3, -0.25) is 0 Å². The van der Waals surface area contributed by atoms with Gasteiger partial charge in [-0.15, -0.1) is 0 Å². The molecule has 0 spiro atoms. The summed E-state index contributed by atoms with van der Waals surface area (Å²) in [6.07, 6.45) is -2.78. The molecule has 0 atom stereocenters. The fraction of sp³-hybridized carbons (Fsp3) is 0.692. The van der Waals surface area contributed by atoms with Gasteiger partial charge in [0.1, 0.15) is 0 Å². The number of nitrogens with one attached hydrogen (secondary N) is 1. The van der Waals surface area contributed by atoms with Crippen LogP contribution in [0.2, 0.25) is 0 Å². The number of hydrogen-bond acceptors (Lipinski definition) is 4. The number of nitrogens with zero attached hydrogens (tertiary/aromatic N) is 2. The van der Waals surface area contributed by atoms with Crippen molar-refractivity contribution in [2.75, 3.05) is 18.5 Å². The molecule has 0 fully saturated rings. The van der Waals surface area contributed by atoms with Crippen LogP contribution in [0.5, 0.6) is 5.88 Å². The second-order valence-electron chi connectivity index (χ2n) is 4.83. The Labute approximate surface area is 116 Å². The maximum atomic E-state index is 12.7. The number of aromatic nitrogens is 2. The van der Waals surface area contributed by atoms with E-state index in [1.54, 1.807) is 6.92 Å². The van der Waals surface area contributed by atoms with E-state index < -0.39 is 11.9 Å². The van der Waals surface area contributed by atoms with Crippen molar-refractivity contribution in [1.29, 1.82) is 0 Å². The molecule has 1 aromatic rings. The molecule has 114 valence electrons. The number of hydrogen-bond donors (Lipinski definition) is 1. The van der Waals surface area contributed by atoms with Crippen molar-refractivity contribution < 1.29 is 17.9 Å². The Hall–Kier alpha value is -1.53. The standard InChI is InChI=1S/C13H20F3N3O/c1-4-17-12-18-10(13(14,15)16)8-11(19-12)20-7-5-6-9(2)3/h8-9H,4-7H2,1-3H3,(H,17,18,19). The van der Waals surface area contributed by atoms with Gasteiger partial charge in [0.05, 0.1) is 6.61 Å². The average Bonchev–Trinajstić information content (AvgIpc) is 2.33. The van der Waals surface area contributed by atoms with E-state index >= 15 is 0 Å². The molecule has 0 aliphatic heterocycles. The van der Waals surface area contributed by atoms with Gasteiger partial charge in [-0.25, -0.2) is 4.98 Å².